The first-order valence-electron chi connectivity index (χ1n) is 9.06. The second-order valence-electron chi connectivity index (χ2n) is 6.33. The Morgan fingerprint density at radius 3 is 2.81 bits per heavy atom. The van der Waals surface area contributed by atoms with Crippen LogP contribution in [0.1, 0.15) is 6.42 Å². The van der Waals surface area contributed by atoms with Crippen LogP contribution in [-0.2, 0) is 4.74 Å². The van der Waals surface area contributed by atoms with Crippen LogP contribution >= 0.6 is 11.3 Å². The topological polar surface area (TPSA) is 101 Å². The predicted molar refractivity (Wildman–Crippen MR) is 110 cm³/mol. The number of benzene rings is 1. The Hall–Kier alpha value is -2.49. The van der Waals surface area contributed by atoms with Gasteiger partial charge in [-0.05, 0) is 25.1 Å². The minimum absolute atomic E-state index is 0.503. The zero-order valence-corrected chi connectivity index (χ0v) is 15.8. The minimum atomic E-state index is 0.503. The molecule has 1 aliphatic heterocycles. The number of nitrogens with two attached hydrogens (primary N) is 1. The van der Waals surface area contributed by atoms with Crippen molar-refractivity contribution in [3.63, 3.8) is 0 Å². The molecule has 3 heterocycles. The van der Waals surface area contributed by atoms with E-state index >= 15 is 0 Å². The molecule has 0 saturated carbocycles. The number of anilines is 4. The highest BCUT2D eigenvalue weighted by molar-refractivity contribution is 7.22. The molecule has 0 unspecified atom stereocenters. The van der Waals surface area contributed by atoms with E-state index in [0.29, 0.717) is 17.3 Å². The van der Waals surface area contributed by atoms with Crippen LogP contribution in [0, 0.1) is 0 Å². The number of morpholine rings is 1. The molecule has 27 heavy (non-hydrogen) atoms. The fraction of sp³-hybridized carbons (Fsp3) is 0.389. The normalized spacial score (nSPS) is 15.1. The summed E-state index contributed by atoms with van der Waals surface area (Å²) in [6.07, 6.45) is 2.53. The van der Waals surface area contributed by atoms with Gasteiger partial charge in [-0.1, -0.05) is 23.5 Å². The first-order chi connectivity index (χ1) is 13.3. The SMILES string of the molecule is Nc1c(NCCCN2CCOCC2)ncnc1Nc1nc2ccccc2s1. The Balaban J connectivity index is 1.35. The van der Waals surface area contributed by atoms with Gasteiger partial charge in [0.1, 0.15) is 12.0 Å². The van der Waals surface area contributed by atoms with Crippen molar-refractivity contribution in [3.05, 3.63) is 30.6 Å². The second-order valence-corrected chi connectivity index (χ2v) is 7.36. The van der Waals surface area contributed by atoms with Gasteiger partial charge in [0.05, 0.1) is 23.4 Å². The average Bonchev–Trinajstić information content (AvgIpc) is 3.11. The number of nitrogens with zero attached hydrogens (tertiary/aromatic N) is 4. The first kappa shape index (κ1) is 17.9. The molecular weight excluding hydrogens is 362 g/mol. The molecule has 4 rings (SSSR count). The van der Waals surface area contributed by atoms with Crippen molar-refractivity contribution < 1.29 is 4.74 Å². The molecule has 1 aliphatic rings. The van der Waals surface area contributed by atoms with Crippen LogP contribution in [0.3, 0.4) is 0 Å². The summed E-state index contributed by atoms with van der Waals surface area (Å²) < 4.78 is 6.49. The molecule has 3 aromatic rings. The molecule has 0 atom stereocenters. The van der Waals surface area contributed by atoms with Crippen molar-refractivity contribution in [2.24, 2.45) is 0 Å². The zero-order valence-electron chi connectivity index (χ0n) is 15.0. The molecule has 1 aromatic carbocycles. The molecule has 1 saturated heterocycles. The number of thiazole rings is 1. The van der Waals surface area contributed by atoms with Gasteiger partial charge in [0.25, 0.3) is 0 Å². The van der Waals surface area contributed by atoms with Crippen molar-refractivity contribution >= 4 is 44.0 Å². The number of aromatic nitrogens is 3. The fourth-order valence-corrected chi connectivity index (χ4v) is 3.86. The number of fused-ring (bicyclic) bond motifs is 1. The maximum Gasteiger partial charge on any atom is 0.189 e. The molecule has 8 nitrogen and oxygen atoms in total. The summed E-state index contributed by atoms with van der Waals surface area (Å²) in [6, 6.07) is 8.01. The highest BCUT2D eigenvalue weighted by atomic mass is 32.1. The van der Waals surface area contributed by atoms with Crippen LogP contribution in [0.5, 0.6) is 0 Å². The Bertz CT molecular complexity index is 861. The van der Waals surface area contributed by atoms with E-state index in [1.54, 1.807) is 11.3 Å². The lowest BCUT2D eigenvalue weighted by Gasteiger charge is -2.26. The van der Waals surface area contributed by atoms with Gasteiger partial charge in [-0.15, -0.1) is 0 Å². The largest absolute Gasteiger partial charge is 0.393 e. The summed E-state index contributed by atoms with van der Waals surface area (Å²) in [6.45, 7) is 5.51. The molecule has 0 aliphatic carbocycles. The van der Waals surface area contributed by atoms with E-state index in [4.69, 9.17) is 10.5 Å². The van der Waals surface area contributed by atoms with Crippen molar-refractivity contribution in [3.8, 4) is 0 Å². The van der Waals surface area contributed by atoms with Crippen LogP contribution in [-0.4, -0.2) is 59.2 Å². The van der Waals surface area contributed by atoms with E-state index in [1.807, 2.05) is 24.3 Å². The number of para-hydroxylation sites is 1. The summed E-state index contributed by atoms with van der Waals surface area (Å²) in [5, 5.41) is 7.29. The Morgan fingerprint density at radius 2 is 1.96 bits per heavy atom. The summed E-state index contributed by atoms with van der Waals surface area (Å²) >= 11 is 1.57. The van der Waals surface area contributed by atoms with E-state index in [1.165, 1.54) is 6.33 Å². The van der Waals surface area contributed by atoms with Crippen LogP contribution in [0.25, 0.3) is 10.2 Å². The standard InChI is InChI=1S/C18H23N7OS/c19-15-16(20-6-3-7-25-8-10-26-11-9-25)21-12-22-17(15)24-18-23-13-4-1-2-5-14(13)27-18/h1-2,4-5,12H,3,6-11,19H2,(H2,20,21,22,23,24). The van der Waals surface area contributed by atoms with E-state index in [2.05, 4.69) is 30.5 Å². The lowest BCUT2D eigenvalue weighted by Crippen LogP contribution is -2.37. The van der Waals surface area contributed by atoms with Crippen LogP contribution in [0.2, 0.25) is 0 Å². The van der Waals surface area contributed by atoms with E-state index < -0.39 is 0 Å². The molecule has 9 heteroatoms. The summed E-state index contributed by atoms with van der Waals surface area (Å²) in [5.74, 6) is 1.22. The van der Waals surface area contributed by atoms with E-state index in [-0.39, 0.29) is 0 Å². The molecule has 0 spiro atoms. The molecule has 4 N–H and O–H groups in total. The van der Waals surface area contributed by atoms with E-state index in [0.717, 1.165) is 61.2 Å². The third-order valence-electron chi connectivity index (χ3n) is 4.45. The molecule has 2 aromatic heterocycles. The number of hydrogen-bond donors (Lipinski definition) is 3. The molecular formula is C18H23N7OS. The van der Waals surface area contributed by atoms with Gasteiger partial charge in [-0.2, -0.15) is 0 Å². The number of hydrogen-bond acceptors (Lipinski definition) is 9. The smallest absolute Gasteiger partial charge is 0.189 e. The summed E-state index contributed by atoms with van der Waals surface area (Å²) in [5.41, 5.74) is 7.71. The first-order valence-corrected chi connectivity index (χ1v) is 9.88. The highest BCUT2D eigenvalue weighted by Crippen LogP contribution is 2.30. The number of nitrogen functional groups attached to an aromatic ring is 1. The number of nitrogens with one attached hydrogen (secondary N) is 2. The van der Waals surface area contributed by atoms with Gasteiger partial charge in [0.15, 0.2) is 16.8 Å². The van der Waals surface area contributed by atoms with Crippen molar-refractivity contribution in [1.82, 2.24) is 19.9 Å². The second kappa shape index (κ2) is 8.47. The third kappa shape index (κ3) is 4.44. The molecule has 0 bridgehead atoms. The monoisotopic (exact) mass is 385 g/mol. The van der Waals surface area contributed by atoms with Gasteiger partial charge in [-0.25, -0.2) is 15.0 Å². The van der Waals surface area contributed by atoms with Crippen molar-refractivity contribution in [2.45, 2.75) is 6.42 Å². The van der Waals surface area contributed by atoms with Gasteiger partial charge in [0, 0.05) is 19.6 Å². The Labute approximate surface area is 161 Å². The quantitative estimate of drug-likeness (QED) is 0.534. The van der Waals surface area contributed by atoms with Gasteiger partial charge >= 0.3 is 0 Å². The number of rotatable bonds is 7. The minimum Gasteiger partial charge on any atom is -0.393 e. The summed E-state index contributed by atoms with van der Waals surface area (Å²) in [4.78, 5) is 15.5. The average molecular weight is 385 g/mol. The predicted octanol–water partition coefficient (Wildman–Crippen LogP) is 2.55. The van der Waals surface area contributed by atoms with Crippen LogP contribution < -0.4 is 16.4 Å². The number of ether oxygens (including phenoxy) is 1. The lowest BCUT2D eigenvalue weighted by molar-refractivity contribution is 0.0378. The van der Waals surface area contributed by atoms with Crippen LogP contribution in [0.15, 0.2) is 30.6 Å². The van der Waals surface area contributed by atoms with E-state index in [9.17, 15) is 0 Å². The molecule has 0 radical (unpaired) electrons. The third-order valence-corrected chi connectivity index (χ3v) is 5.40. The lowest BCUT2D eigenvalue weighted by atomic mass is 10.3. The van der Waals surface area contributed by atoms with Crippen molar-refractivity contribution in [1.29, 1.82) is 0 Å². The van der Waals surface area contributed by atoms with Gasteiger partial charge < -0.3 is 21.1 Å². The Kier molecular flexibility index (Phi) is 5.61. The molecule has 1 fully saturated rings. The van der Waals surface area contributed by atoms with Gasteiger partial charge in [0.2, 0.25) is 0 Å². The maximum atomic E-state index is 6.25. The highest BCUT2D eigenvalue weighted by Gasteiger charge is 2.12. The van der Waals surface area contributed by atoms with Crippen molar-refractivity contribution in [2.75, 3.05) is 55.8 Å². The van der Waals surface area contributed by atoms with Crippen LogP contribution in [0.4, 0.5) is 22.5 Å². The molecule has 142 valence electrons. The maximum absolute atomic E-state index is 6.25. The fourth-order valence-electron chi connectivity index (χ4n) is 3.00. The van der Waals surface area contributed by atoms with Gasteiger partial charge in [-0.3, -0.25) is 4.90 Å². The summed E-state index contributed by atoms with van der Waals surface area (Å²) in [7, 11) is 0. The Morgan fingerprint density at radius 1 is 1.15 bits per heavy atom. The zero-order chi connectivity index (χ0) is 18.5. The molecule has 0 amide bonds.